The average molecular weight is 319 g/mol. The average Bonchev–Trinajstić information content (AvgIpc) is 2.58. The van der Waals surface area contributed by atoms with Gasteiger partial charge in [0.05, 0.1) is 4.92 Å². The zero-order valence-corrected chi connectivity index (χ0v) is 13.7. The van der Waals surface area contributed by atoms with Crippen molar-refractivity contribution < 1.29 is 9.72 Å². The molecule has 0 aliphatic carbocycles. The molecule has 0 bridgehead atoms. The van der Waals surface area contributed by atoms with E-state index in [0.717, 1.165) is 44.5 Å². The lowest BCUT2D eigenvalue weighted by Gasteiger charge is -2.34. The van der Waals surface area contributed by atoms with Gasteiger partial charge in [-0.2, -0.15) is 0 Å². The van der Waals surface area contributed by atoms with Gasteiger partial charge in [-0.25, -0.2) is 0 Å². The van der Waals surface area contributed by atoms with Gasteiger partial charge >= 0.3 is 0 Å². The van der Waals surface area contributed by atoms with E-state index in [1.165, 1.54) is 6.07 Å². The molecule has 1 heterocycles. The van der Waals surface area contributed by atoms with E-state index in [1.54, 1.807) is 12.1 Å². The molecule has 2 rings (SSSR count). The smallest absolute Gasteiger partial charge is 0.269 e. The monoisotopic (exact) mass is 319 g/mol. The Morgan fingerprint density at radius 3 is 2.78 bits per heavy atom. The Labute approximate surface area is 137 Å². The number of amides is 1. The van der Waals surface area contributed by atoms with Crippen LogP contribution in [0.5, 0.6) is 0 Å². The second-order valence-corrected chi connectivity index (χ2v) is 6.00. The lowest BCUT2D eigenvalue weighted by Crippen LogP contribution is -2.46. The molecular formula is C17H25N3O3. The van der Waals surface area contributed by atoms with Crippen molar-refractivity contribution in [2.24, 2.45) is 0 Å². The van der Waals surface area contributed by atoms with Gasteiger partial charge in [0.15, 0.2) is 0 Å². The second-order valence-electron chi connectivity index (χ2n) is 6.00. The predicted octanol–water partition coefficient (Wildman–Crippen LogP) is 2.52. The summed E-state index contributed by atoms with van der Waals surface area (Å²) < 4.78 is 0. The van der Waals surface area contributed by atoms with E-state index in [0.29, 0.717) is 18.9 Å². The van der Waals surface area contributed by atoms with Crippen LogP contribution >= 0.6 is 0 Å². The summed E-state index contributed by atoms with van der Waals surface area (Å²) in [6, 6.07) is 6.88. The largest absolute Gasteiger partial charge is 0.340 e. The summed E-state index contributed by atoms with van der Waals surface area (Å²) in [5, 5.41) is 14.1. The van der Waals surface area contributed by atoms with Crippen molar-refractivity contribution in [1.29, 1.82) is 0 Å². The van der Waals surface area contributed by atoms with Crippen molar-refractivity contribution >= 4 is 11.6 Å². The minimum absolute atomic E-state index is 0.0821. The van der Waals surface area contributed by atoms with Crippen molar-refractivity contribution in [2.45, 2.75) is 45.1 Å². The molecule has 1 aromatic carbocycles. The number of carbonyl (C=O) groups is 1. The molecule has 0 saturated carbocycles. The number of nitrogens with zero attached hydrogens (tertiary/aromatic N) is 2. The van der Waals surface area contributed by atoms with Crippen LogP contribution < -0.4 is 5.32 Å². The molecule has 1 aromatic rings. The molecule has 6 nitrogen and oxygen atoms in total. The van der Waals surface area contributed by atoms with E-state index < -0.39 is 4.92 Å². The Kier molecular flexibility index (Phi) is 6.52. The van der Waals surface area contributed by atoms with Crippen LogP contribution in [0.3, 0.4) is 0 Å². The first kappa shape index (κ1) is 17.4. The van der Waals surface area contributed by atoms with Gasteiger partial charge in [-0.05, 0) is 44.3 Å². The summed E-state index contributed by atoms with van der Waals surface area (Å²) in [6.45, 7) is 4.80. The summed E-state index contributed by atoms with van der Waals surface area (Å²) in [5.74, 6) is 0.158. The molecule has 1 saturated heterocycles. The molecule has 1 aliphatic rings. The third kappa shape index (κ3) is 5.03. The van der Waals surface area contributed by atoms with Gasteiger partial charge in [0.1, 0.15) is 0 Å². The van der Waals surface area contributed by atoms with E-state index in [9.17, 15) is 14.9 Å². The molecular weight excluding hydrogens is 294 g/mol. The minimum Gasteiger partial charge on any atom is -0.340 e. The van der Waals surface area contributed by atoms with Crippen LogP contribution in [-0.2, 0) is 11.2 Å². The number of rotatable bonds is 7. The van der Waals surface area contributed by atoms with Crippen molar-refractivity contribution in [3.05, 3.63) is 39.9 Å². The van der Waals surface area contributed by atoms with Crippen molar-refractivity contribution in [3.8, 4) is 0 Å². The zero-order chi connectivity index (χ0) is 16.7. The Bertz CT molecular complexity index is 542. The first-order valence-corrected chi connectivity index (χ1v) is 8.35. The van der Waals surface area contributed by atoms with Gasteiger partial charge in [-0.1, -0.05) is 19.1 Å². The van der Waals surface area contributed by atoms with Crippen molar-refractivity contribution in [1.82, 2.24) is 10.2 Å². The predicted molar refractivity (Wildman–Crippen MR) is 89.3 cm³/mol. The van der Waals surface area contributed by atoms with E-state index in [1.807, 2.05) is 11.0 Å². The first-order valence-electron chi connectivity index (χ1n) is 8.35. The quantitative estimate of drug-likeness (QED) is 0.619. The summed E-state index contributed by atoms with van der Waals surface area (Å²) >= 11 is 0. The Hall–Kier alpha value is -1.95. The number of nitro benzene ring substituents is 1. The third-order valence-electron chi connectivity index (χ3n) is 4.28. The Morgan fingerprint density at radius 2 is 2.13 bits per heavy atom. The Balaban J connectivity index is 1.95. The van der Waals surface area contributed by atoms with Gasteiger partial charge in [0.25, 0.3) is 5.69 Å². The van der Waals surface area contributed by atoms with Crippen LogP contribution in [0, 0.1) is 10.1 Å². The number of nitrogens with one attached hydrogen (secondary N) is 1. The molecule has 1 N–H and O–H groups in total. The van der Waals surface area contributed by atoms with Crippen LogP contribution in [0.25, 0.3) is 0 Å². The number of non-ortho nitro benzene ring substituents is 1. The normalized spacial score (nSPS) is 15.3. The highest BCUT2D eigenvalue weighted by Crippen LogP contribution is 2.17. The number of benzene rings is 1. The van der Waals surface area contributed by atoms with Gasteiger partial charge in [0.2, 0.25) is 5.91 Å². The molecule has 0 aromatic heterocycles. The van der Waals surface area contributed by atoms with Crippen LogP contribution in [0.4, 0.5) is 5.69 Å². The number of aryl methyl sites for hydroxylation is 1. The second kappa shape index (κ2) is 8.62. The first-order chi connectivity index (χ1) is 11.1. The molecule has 0 atom stereocenters. The summed E-state index contributed by atoms with van der Waals surface area (Å²) in [6.07, 6.45) is 3.91. The third-order valence-corrected chi connectivity index (χ3v) is 4.28. The van der Waals surface area contributed by atoms with E-state index in [4.69, 9.17) is 0 Å². The van der Waals surface area contributed by atoms with E-state index in [-0.39, 0.29) is 11.6 Å². The lowest BCUT2D eigenvalue weighted by molar-refractivity contribution is -0.384. The van der Waals surface area contributed by atoms with Gasteiger partial charge in [-0.15, -0.1) is 0 Å². The molecule has 126 valence electrons. The molecule has 0 radical (unpaired) electrons. The fourth-order valence-corrected chi connectivity index (χ4v) is 3.09. The van der Waals surface area contributed by atoms with Crippen molar-refractivity contribution in [2.75, 3.05) is 19.6 Å². The van der Waals surface area contributed by atoms with E-state index >= 15 is 0 Å². The minimum atomic E-state index is -0.399. The molecule has 1 amide bonds. The standard InChI is InChI=1S/C17H25N3O3/c1-2-12-19(15-8-10-18-11-9-15)17(21)7-6-14-4-3-5-16(13-14)20(22)23/h3-5,13,15,18H,2,6-12H2,1H3. The maximum absolute atomic E-state index is 12.6. The highest BCUT2D eigenvalue weighted by atomic mass is 16.6. The number of hydrogen-bond acceptors (Lipinski definition) is 4. The molecule has 1 aliphatic heterocycles. The highest BCUT2D eigenvalue weighted by Gasteiger charge is 2.24. The highest BCUT2D eigenvalue weighted by molar-refractivity contribution is 5.76. The molecule has 23 heavy (non-hydrogen) atoms. The maximum Gasteiger partial charge on any atom is 0.269 e. The number of carbonyl (C=O) groups excluding carboxylic acids is 1. The van der Waals surface area contributed by atoms with Crippen LogP contribution in [0.15, 0.2) is 24.3 Å². The molecule has 6 heteroatoms. The topological polar surface area (TPSA) is 75.5 Å². The lowest BCUT2D eigenvalue weighted by atomic mass is 10.0. The number of piperidine rings is 1. The SMILES string of the molecule is CCCN(C(=O)CCc1cccc([N+](=O)[O-])c1)C1CCNCC1. The molecule has 0 unspecified atom stereocenters. The summed E-state index contributed by atoms with van der Waals surface area (Å²) in [4.78, 5) is 25.0. The zero-order valence-electron chi connectivity index (χ0n) is 13.7. The number of nitro groups is 1. The van der Waals surface area contributed by atoms with Crippen LogP contribution in [0.2, 0.25) is 0 Å². The fourth-order valence-electron chi connectivity index (χ4n) is 3.09. The summed E-state index contributed by atoms with van der Waals surface area (Å²) in [5.41, 5.74) is 0.924. The summed E-state index contributed by atoms with van der Waals surface area (Å²) in [7, 11) is 0. The van der Waals surface area contributed by atoms with E-state index in [2.05, 4.69) is 12.2 Å². The van der Waals surface area contributed by atoms with Crippen LogP contribution in [0.1, 0.15) is 38.2 Å². The molecule has 0 spiro atoms. The van der Waals surface area contributed by atoms with Gasteiger partial charge < -0.3 is 10.2 Å². The van der Waals surface area contributed by atoms with Crippen molar-refractivity contribution in [3.63, 3.8) is 0 Å². The Morgan fingerprint density at radius 1 is 1.39 bits per heavy atom. The maximum atomic E-state index is 12.6. The van der Waals surface area contributed by atoms with Gasteiger partial charge in [-0.3, -0.25) is 14.9 Å². The van der Waals surface area contributed by atoms with Crippen LogP contribution in [-0.4, -0.2) is 41.4 Å². The fraction of sp³-hybridized carbons (Fsp3) is 0.588. The molecule has 1 fully saturated rings. The van der Waals surface area contributed by atoms with Gasteiger partial charge in [0, 0.05) is 31.1 Å². The number of hydrogen-bond donors (Lipinski definition) is 1.